The zero-order valence-corrected chi connectivity index (χ0v) is 11.4. The Balaban J connectivity index is 2.15. The zero-order chi connectivity index (χ0) is 13.7. The van der Waals surface area contributed by atoms with E-state index in [0.717, 1.165) is 29.8 Å². The second-order valence-electron chi connectivity index (χ2n) is 4.45. The van der Waals surface area contributed by atoms with Crippen LogP contribution in [-0.2, 0) is 6.54 Å². The van der Waals surface area contributed by atoms with Crippen LogP contribution in [0.2, 0.25) is 0 Å². The standard InChI is InChI=1S/C15H20N2O2/c1-3-8-19-14-7-5-6-12(9-14)15(18)13-10-16-17(4-2)11-13/h5-7,9-11,15,18H,3-4,8H2,1-2H3. The number of aromatic nitrogens is 2. The summed E-state index contributed by atoms with van der Waals surface area (Å²) in [4.78, 5) is 0. The van der Waals surface area contributed by atoms with Crippen LogP contribution >= 0.6 is 0 Å². The molecule has 0 aliphatic rings. The van der Waals surface area contributed by atoms with E-state index in [4.69, 9.17) is 4.74 Å². The second kappa shape index (κ2) is 6.38. The van der Waals surface area contributed by atoms with E-state index < -0.39 is 6.10 Å². The molecule has 0 fully saturated rings. The molecule has 2 aromatic rings. The average Bonchev–Trinajstić information content (AvgIpc) is 2.93. The number of benzene rings is 1. The molecule has 0 aliphatic heterocycles. The van der Waals surface area contributed by atoms with Crippen LogP contribution in [0, 0.1) is 0 Å². The van der Waals surface area contributed by atoms with Gasteiger partial charge in [-0.25, -0.2) is 0 Å². The van der Waals surface area contributed by atoms with Crippen LogP contribution in [0.25, 0.3) is 0 Å². The van der Waals surface area contributed by atoms with Crippen LogP contribution in [0.15, 0.2) is 36.7 Å². The molecule has 0 radical (unpaired) electrons. The lowest BCUT2D eigenvalue weighted by Crippen LogP contribution is -2.00. The molecule has 0 aliphatic carbocycles. The Labute approximate surface area is 113 Å². The maximum absolute atomic E-state index is 10.3. The third-order valence-electron chi connectivity index (χ3n) is 2.94. The monoisotopic (exact) mass is 260 g/mol. The summed E-state index contributed by atoms with van der Waals surface area (Å²) in [5.41, 5.74) is 1.62. The summed E-state index contributed by atoms with van der Waals surface area (Å²) in [6, 6.07) is 7.57. The number of aliphatic hydroxyl groups excluding tert-OH is 1. The molecule has 0 amide bonds. The predicted molar refractivity (Wildman–Crippen MR) is 74.2 cm³/mol. The van der Waals surface area contributed by atoms with E-state index >= 15 is 0 Å². The third-order valence-corrected chi connectivity index (χ3v) is 2.94. The molecule has 19 heavy (non-hydrogen) atoms. The van der Waals surface area contributed by atoms with Gasteiger partial charge in [0.1, 0.15) is 11.9 Å². The van der Waals surface area contributed by atoms with Gasteiger partial charge in [0, 0.05) is 18.3 Å². The quantitative estimate of drug-likeness (QED) is 0.868. The first-order valence-corrected chi connectivity index (χ1v) is 6.67. The molecular weight excluding hydrogens is 240 g/mol. The lowest BCUT2D eigenvalue weighted by molar-refractivity contribution is 0.219. The number of hydrogen-bond donors (Lipinski definition) is 1. The lowest BCUT2D eigenvalue weighted by Gasteiger charge is -2.11. The van der Waals surface area contributed by atoms with E-state index in [1.165, 1.54) is 0 Å². The second-order valence-corrected chi connectivity index (χ2v) is 4.45. The SMILES string of the molecule is CCCOc1cccc(C(O)c2cnn(CC)c2)c1. The van der Waals surface area contributed by atoms with Crippen molar-refractivity contribution in [1.82, 2.24) is 9.78 Å². The highest BCUT2D eigenvalue weighted by molar-refractivity contribution is 5.34. The van der Waals surface area contributed by atoms with Crippen molar-refractivity contribution in [3.63, 3.8) is 0 Å². The molecule has 1 N–H and O–H groups in total. The number of aryl methyl sites for hydroxylation is 1. The summed E-state index contributed by atoms with van der Waals surface area (Å²) >= 11 is 0. The van der Waals surface area contributed by atoms with Crippen molar-refractivity contribution in [1.29, 1.82) is 0 Å². The van der Waals surface area contributed by atoms with Gasteiger partial charge in [0.05, 0.1) is 12.8 Å². The van der Waals surface area contributed by atoms with E-state index in [9.17, 15) is 5.11 Å². The van der Waals surface area contributed by atoms with Crippen molar-refractivity contribution in [2.45, 2.75) is 32.9 Å². The summed E-state index contributed by atoms with van der Waals surface area (Å²) in [6.07, 6.45) is 3.87. The summed E-state index contributed by atoms with van der Waals surface area (Å²) in [7, 11) is 0. The molecule has 0 saturated heterocycles. The minimum Gasteiger partial charge on any atom is -0.494 e. The number of hydrogen-bond acceptors (Lipinski definition) is 3. The van der Waals surface area contributed by atoms with Gasteiger partial charge in [0.15, 0.2) is 0 Å². The fraction of sp³-hybridized carbons (Fsp3) is 0.400. The highest BCUT2D eigenvalue weighted by Crippen LogP contribution is 2.24. The number of nitrogens with zero attached hydrogens (tertiary/aromatic N) is 2. The maximum Gasteiger partial charge on any atom is 0.119 e. The molecule has 1 heterocycles. The Bertz CT molecular complexity index is 522. The van der Waals surface area contributed by atoms with Gasteiger partial charge in [-0.3, -0.25) is 4.68 Å². The molecule has 102 valence electrons. The van der Waals surface area contributed by atoms with Gasteiger partial charge in [0.25, 0.3) is 0 Å². The highest BCUT2D eigenvalue weighted by atomic mass is 16.5. The highest BCUT2D eigenvalue weighted by Gasteiger charge is 2.13. The minimum absolute atomic E-state index is 0.662. The van der Waals surface area contributed by atoms with Crippen molar-refractivity contribution in [3.05, 3.63) is 47.8 Å². The minimum atomic E-state index is -0.662. The molecule has 1 unspecified atom stereocenters. The average molecular weight is 260 g/mol. The third kappa shape index (κ3) is 3.35. The first-order valence-electron chi connectivity index (χ1n) is 6.67. The normalized spacial score (nSPS) is 12.4. The van der Waals surface area contributed by atoms with Gasteiger partial charge in [0.2, 0.25) is 0 Å². The molecular formula is C15H20N2O2. The van der Waals surface area contributed by atoms with Crippen LogP contribution in [0.1, 0.15) is 37.5 Å². The van der Waals surface area contributed by atoms with Gasteiger partial charge >= 0.3 is 0 Å². The molecule has 2 rings (SSSR count). The topological polar surface area (TPSA) is 47.3 Å². The number of rotatable bonds is 6. The Morgan fingerprint density at radius 1 is 1.32 bits per heavy atom. The largest absolute Gasteiger partial charge is 0.494 e. The molecule has 0 spiro atoms. The van der Waals surface area contributed by atoms with Crippen LogP contribution in [0.4, 0.5) is 0 Å². The summed E-state index contributed by atoms with van der Waals surface area (Å²) in [6.45, 7) is 5.57. The summed E-state index contributed by atoms with van der Waals surface area (Å²) < 4.78 is 7.38. The van der Waals surface area contributed by atoms with E-state index in [1.807, 2.05) is 37.4 Å². The molecule has 1 atom stereocenters. The predicted octanol–water partition coefficient (Wildman–Crippen LogP) is 2.77. The Morgan fingerprint density at radius 2 is 2.16 bits per heavy atom. The molecule has 0 bridgehead atoms. The maximum atomic E-state index is 10.3. The number of ether oxygens (including phenoxy) is 1. The Hall–Kier alpha value is -1.81. The molecule has 0 saturated carbocycles. The van der Waals surface area contributed by atoms with Gasteiger partial charge in [-0.1, -0.05) is 19.1 Å². The summed E-state index contributed by atoms with van der Waals surface area (Å²) in [5, 5.41) is 14.5. The van der Waals surface area contributed by atoms with Crippen LogP contribution in [-0.4, -0.2) is 21.5 Å². The molecule has 1 aromatic carbocycles. The first-order chi connectivity index (χ1) is 9.24. The zero-order valence-electron chi connectivity index (χ0n) is 11.4. The van der Waals surface area contributed by atoms with Gasteiger partial charge in [-0.2, -0.15) is 5.10 Å². The van der Waals surface area contributed by atoms with Crippen LogP contribution in [0.5, 0.6) is 5.75 Å². The van der Waals surface area contributed by atoms with Gasteiger partial charge in [-0.15, -0.1) is 0 Å². The molecule has 4 nitrogen and oxygen atoms in total. The van der Waals surface area contributed by atoms with Crippen LogP contribution < -0.4 is 4.74 Å². The Morgan fingerprint density at radius 3 is 2.84 bits per heavy atom. The van der Waals surface area contributed by atoms with Crippen molar-refractivity contribution in [2.75, 3.05) is 6.61 Å². The van der Waals surface area contributed by atoms with Crippen LogP contribution in [0.3, 0.4) is 0 Å². The van der Waals surface area contributed by atoms with E-state index in [-0.39, 0.29) is 0 Å². The van der Waals surface area contributed by atoms with Gasteiger partial charge < -0.3 is 9.84 Å². The fourth-order valence-corrected chi connectivity index (χ4v) is 1.88. The number of aliphatic hydroxyl groups is 1. The van der Waals surface area contributed by atoms with E-state index in [0.29, 0.717) is 6.61 Å². The lowest BCUT2D eigenvalue weighted by atomic mass is 10.0. The van der Waals surface area contributed by atoms with Crippen molar-refractivity contribution in [3.8, 4) is 5.75 Å². The van der Waals surface area contributed by atoms with E-state index in [1.54, 1.807) is 10.9 Å². The smallest absolute Gasteiger partial charge is 0.119 e. The summed E-state index contributed by atoms with van der Waals surface area (Å²) in [5.74, 6) is 0.793. The molecule has 4 heteroatoms. The van der Waals surface area contributed by atoms with Crippen molar-refractivity contribution in [2.24, 2.45) is 0 Å². The first kappa shape index (κ1) is 13.6. The van der Waals surface area contributed by atoms with Crippen molar-refractivity contribution >= 4 is 0 Å². The fourth-order valence-electron chi connectivity index (χ4n) is 1.88. The molecule has 1 aromatic heterocycles. The van der Waals surface area contributed by atoms with E-state index in [2.05, 4.69) is 12.0 Å². The van der Waals surface area contributed by atoms with Gasteiger partial charge in [-0.05, 0) is 31.0 Å². The Kier molecular flexibility index (Phi) is 4.58. The van der Waals surface area contributed by atoms with Crippen molar-refractivity contribution < 1.29 is 9.84 Å².